The molecule has 0 aliphatic heterocycles. The number of methoxy groups -OCH3 is 2. The number of benzene rings is 1. The van der Waals surface area contributed by atoms with E-state index >= 15 is 0 Å². The van der Waals surface area contributed by atoms with Crippen molar-refractivity contribution < 1.29 is 9.47 Å². The maximum absolute atomic E-state index is 5.76. The van der Waals surface area contributed by atoms with Gasteiger partial charge < -0.3 is 20.5 Å². The molecule has 3 N–H and O–H groups in total. The second kappa shape index (κ2) is 6.23. The molecule has 1 atom stereocenters. The molecule has 4 nitrogen and oxygen atoms in total. The zero-order chi connectivity index (χ0) is 12.0. The first-order chi connectivity index (χ1) is 7.65. The third kappa shape index (κ3) is 3.98. The summed E-state index contributed by atoms with van der Waals surface area (Å²) in [6, 6.07) is 5.61. The summed E-state index contributed by atoms with van der Waals surface area (Å²) < 4.78 is 10.2. The van der Waals surface area contributed by atoms with Crippen molar-refractivity contribution in [2.75, 3.05) is 38.4 Å². The fourth-order valence-corrected chi connectivity index (χ4v) is 1.48. The van der Waals surface area contributed by atoms with Crippen molar-refractivity contribution in [3.05, 3.63) is 18.2 Å². The lowest BCUT2D eigenvalue weighted by molar-refractivity contribution is 0.164. The van der Waals surface area contributed by atoms with Gasteiger partial charge in [0.1, 0.15) is 5.75 Å². The van der Waals surface area contributed by atoms with Crippen LogP contribution in [0.3, 0.4) is 0 Å². The smallest absolute Gasteiger partial charge is 0.122 e. The normalized spacial score (nSPS) is 12.2. The summed E-state index contributed by atoms with van der Waals surface area (Å²) in [7, 11) is 3.34. The van der Waals surface area contributed by atoms with E-state index in [2.05, 4.69) is 12.2 Å². The average Bonchev–Trinajstić information content (AvgIpc) is 2.26. The number of anilines is 2. The van der Waals surface area contributed by atoms with Crippen LogP contribution in [0.5, 0.6) is 5.75 Å². The Morgan fingerprint density at radius 3 is 2.69 bits per heavy atom. The average molecular weight is 224 g/mol. The number of rotatable bonds is 6. The van der Waals surface area contributed by atoms with Crippen LogP contribution in [0.15, 0.2) is 18.2 Å². The molecule has 90 valence electrons. The number of hydrogen-bond donors (Lipinski definition) is 2. The summed E-state index contributed by atoms with van der Waals surface area (Å²) >= 11 is 0. The van der Waals surface area contributed by atoms with Crippen LogP contribution in [-0.4, -0.2) is 27.4 Å². The van der Waals surface area contributed by atoms with Crippen molar-refractivity contribution in [1.29, 1.82) is 0 Å². The van der Waals surface area contributed by atoms with Crippen LogP contribution in [0.4, 0.5) is 11.4 Å². The predicted octanol–water partition coefficient (Wildman–Crippen LogP) is 1.97. The highest BCUT2D eigenvalue weighted by Crippen LogP contribution is 2.22. The largest absolute Gasteiger partial charge is 0.497 e. The standard InChI is InChI=1S/C12H20N2O2/c1-9(8-15-2)7-14-11-4-10(13)5-12(6-11)16-3/h4-6,9,14H,7-8,13H2,1-3H3. The van der Waals surface area contributed by atoms with Gasteiger partial charge in [-0.05, 0) is 12.0 Å². The van der Waals surface area contributed by atoms with Gasteiger partial charge in [0.05, 0.1) is 13.7 Å². The lowest BCUT2D eigenvalue weighted by Gasteiger charge is -2.13. The molecule has 1 aromatic carbocycles. The Morgan fingerprint density at radius 1 is 1.31 bits per heavy atom. The van der Waals surface area contributed by atoms with Crippen LogP contribution in [0.25, 0.3) is 0 Å². The molecule has 16 heavy (non-hydrogen) atoms. The molecular weight excluding hydrogens is 204 g/mol. The van der Waals surface area contributed by atoms with Gasteiger partial charge in [-0.2, -0.15) is 0 Å². The van der Waals surface area contributed by atoms with Crippen molar-refractivity contribution in [2.24, 2.45) is 5.92 Å². The van der Waals surface area contributed by atoms with E-state index in [1.807, 2.05) is 12.1 Å². The van der Waals surface area contributed by atoms with Crippen LogP contribution in [0.2, 0.25) is 0 Å². The van der Waals surface area contributed by atoms with E-state index in [-0.39, 0.29) is 0 Å². The summed E-state index contributed by atoms with van der Waals surface area (Å²) in [5.41, 5.74) is 7.42. The third-order valence-electron chi connectivity index (χ3n) is 2.27. The monoisotopic (exact) mass is 224 g/mol. The van der Waals surface area contributed by atoms with Gasteiger partial charge in [0, 0.05) is 37.2 Å². The zero-order valence-corrected chi connectivity index (χ0v) is 10.1. The van der Waals surface area contributed by atoms with Crippen molar-refractivity contribution in [3.8, 4) is 5.75 Å². The molecule has 0 saturated heterocycles. The third-order valence-corrected chi connectivity index (χ3v) is 2.27. The quantitative estimate of drug-likeness (QED) is 0.725. The minimum atomic E-state index is 0.456. The Labute approximate surface area is 96.7 Å². The lowest BCUT2D eigenvalue weighted by atomic mass is 10.2. The van der Waals surface area contributed by atoms with Gasteiger partial charge in [-0.15, -0.1) is 0 Å². The second-order valence-electron chi connectivity index (χ2n) is 3.94. The van der Waals surface area contributed by atoms with Gasteiger partial charge in [0.15, 0.2) is 0 Å². The van der Waals surface area contributed by atoms with E-state index in [1.54, 1.807) is 20.3 Å². The molecule has 1 aromatic rings. The van der Waals surface area contributed by atoms with E-state index in [4.69, 9.17) is 15.2 Å². The molecule has 0 saturated carbocycles. The highest BCUT2D eigenvalue weighted by molar-refractivity contribution is 5.59. The van der Waals surface area contributed by atoms with Gasteiger partial charge in [-0.3, -0.25) is 0 Å². The van der Waals surface area contributed by atoms with Crippen molar-refractivity contribution in [2.45, 2.75) is 6.92 Å². The van der Waals surface area contributed by atoms with E-state index in [1.165, 1.54) is 0 Å². The molecule has 1 rings (SSSR count). The molecule has 0 fully saturated rings. The van der Waals surface area contributed by atoms with E-state index in [0.717, 1.165) is 24.6 Å². The molecule has 0 radical (unpaired) electrons. The van der Waals surface area contributed by atoms with Crippen molar-refractivity contribution >= 4 is 11.4 Å². The van der Waals surface area contributed by atoms with Gasteiger partial charge in [-0.25, -0.2) is 0 Å². The Morgan fingerprint density at radius 2 is 2.06 bits per heavy atom. The summed E-state index contributed by atoms with van der Waals surface area (Å²) in [6.07, 6.45) is 0. The van der Waals surface area contributed by atoms with Crippen LogP contribution < -0.4 is 15.8 Å². The molecular formula is C12H20N2O2. The van der Waals surface area contributed by atoms with Gasteiger partial charge >= 0.3 is 0 Å². The summed E-state index contributed by atoms with van der Waals surface area (Å²) in [5, 5.41) is 3.30. The number of hydrogen-bond acceptors (Lipinski definition) is 4. The molecule has 0 bridgehead atoms. The molecule has 0 amide bonds. The molecule has 0 aliphatic rings. The Bertz CT molecular complexity index is 329. The van der Waals surface area contributed by atoms with Crippen LogP contribution in [0.1, 0.15) is 6.92 Å². The van der Waals surface area contributed by atoms with Crippen LogP contribution >= 0.6 is 0 Å². The Hall–Kier alpha value is -1.42. The Kier molecular flexibility index (Phi) is 4.92. The minimum absolute atomic E-state index is 0.456. The topological polar surface area (TPSA) is 56.5 Å². The highest BCUT2D eigenvalue weighted by atomic mass is 16.5. The van der Waals surface area contributed by atoms with E-state index in [9.17, 15) is 0 Å². The first-order valence-electron chi connectivity index (χ1n) is 5.33. The first kappa shape index (κ1) is 12.6. The number of nitrogens with two attached hydrogens (primary N) is 1. The van der Waals surface area contributed by atoms with Crippen molar-refractivity contribution in [3.63, 3.8) is 0 Å². The SMILES string of the molecule is COCC(C)CNc1cc(N)cc(OC)c1. The number of ether oxygens (including phenoxy) is 2. The van der Waals surface area contributed by atoms with Gasteiger partial charge in [0.25, 0.3) is 0 Å². The zero-order valence-electron chi connectivity index (χ0n) is 10.1. The molecule has 0 spiro atoms. The number of nitrogens with one attached hydrogen (secondary N) is 1. The summed E-state index contributed by atoms with van der Waals surface area (Å²) in [6.45, 7) is 3.72. The second-order valence-corrected chi connectivity index (χ2v) is 3.94. The lowest BCUT2D eigenvalue weighted by Crippen LogP contribution is -2.15. The fraction of sp³-hybridized carbons (Fsp3) is 0.500. The van der Waals surface area contributed by atoms with E-state index < -0.39 is 0 Å². The first-order valence-corrected chi connectivity index (χ1v) is 5.33. The maximum Gasteiger partial charge on any atom is 0.122 e. The summed E-state index contributed by atoms with van der Waals surface area (Å²) in [5.74, 6) is 1.22. The van der Waals surface area contributed by atoms with Crippen LogP contribution in [0, 0.1) is 5.92 Å². The van der Waals surface area contributed by atoms with Crippen molar-refractivity contribution in [1.82, 2.24) is 0 Å². The van der Waals surface area contributed by atoms with E-state index in [0.29, 0.717) is 11.6 Å². The molecule has 0 aliphatic carbocycles. The Balaban J connectivity index is 2.56. The van der Waals surface area contributed by atoms with Gasteiger partial charge in [-0.1, -0.05) is 6.92 Å². The molecule has 1 unspecified atom stereocenters. The fourth-order valence-electron chi connectivity index (χ4n) is 1.48. The van der Waals surface area contributed by atoms with Crippen LogP contribution in [-0.2, 0) is 4.74 Å². The molecule has 0 heterocycles. The maximum atomic E-state index is 5.76. The molecule has 0 aromatic heterocycles. The number of nitrogen functional groups attached to an aromatic ring is 1. The highest BCUT2D eigenvalue weighted by Gasteiger charge is 2.03. The molecule has 4 heteroatoms. The minimum Gasteiger partial charge on any atom is -0.497 e. The van der Waals surface area contributed by atoms with Gasteiger partial charge in [0.2, 0.25) is 0 Å². The summed E-state index contributed by atoms with van der Waals surface area (Å²) in [4.78, 5) is 0. The predicted molar refractivity (Wildman–Crippen MR) is 66.9 cm³/mol.